The van der Waals surface area contributed by atoms with Gasteiger partial charge in [0, 0.05) is 25.9 Å². The van der Waals surface area contributed by atoms with Gasteiger partial charge in [-0.25, -0.2) is 0 Å². The molecule has 0 unspecified atom stereocenters. The van der Waals surface area contributed by atoms with Crippen molar-refractivity contribution in [3.8, 4) is 0 Å². The summed E-state index contributed by atoms with van der Waals surface area (Å²) in [4.78, 5) is 0. The molecule has 0 saturated carbocycles. The van der Waals surface area contributed by atoms with Crippen LogP contribution in [0, 0.1) is 0 Å². The molecule has 2 heterocycles. The molecule has 0 aromatic carbocycles. The molecule has 19 heavy (non-hydrogen) atoms. The van der Waals surface area contributed by atoms with E-state index in [0.717, 1.165) is 45.7 Å². The summed E-state index contributed by atoms with van der Waals surface area (Å²) >= 11 is 0. The molecule has 1 N–H and O–H groups in total. The van der Waals surface area contributed by atoms with Gasteiger partial charge in [0.1, 0.15) is 0 Å². The first-order chi connectivity index (χ1) is 9.25. The Morgan fingerprint density at radius 2 is 1.89 bits per heavy atom. The topological polar surface area (TPSA) is 39.7 Å². The first kappa shape index (κ1) is 15.0. The Balaban J connectivity index is 1.79. The number of hydrogen-bond acceptors (Lipinski definition) is 4. The van der Waals surface area contributed by atoms with Gasteiger partial charge < -0.3 is 19.5 Å². The van der Waals surface area contributed by atoms with Crippen LogP contribution in [0.5, 0.6) is 0 Å². The third-order valence-corrected chi connectivity index (χ3v) is 3.77. The van der Waals surface area contributed by atoms with Gasteiger partial charge >= 0.3 is 0 Å². The first-order valence-electron chi connectivity index (χ1n) is 7.42. The van der Waals surface area contributed by atoms with Crippen LogP contribution in [-0.4, -0.2) is 51.2 Å². The van der Waals surface area contributed by atoms with Crippen LogP contribution in [0.1, 0.15) is 33.1 Å². The van der Waals surface area contributed by atoms with Gasteiger partial charge in [-0.2, -0.15) is 0 Å². The average molecular weight is 269 g/mol. The van der Waals surface area contributed by atoms with Crippen molar-refractivity contribution in [2.24, 2.45) is 0 Å². The fourth-order valence-electron chi connectivity index (χ4n) is 2.58. The highest BCUT2D eigenvalue weighted by Crippen LogP contribution is 2.15. The minimum Gasteiger partial charge on any atom is -0.381 e. The lowest BCUT2D eigenvalue weighted by Gasteiger charge is -2.36. The smallest absolute Gasteiger partial charge is 0.0776 e. The summed E-state index contributed by atoms with van der Waals surface area (Å²) in [5, 5.41) is 3.70. The number of hydrogen-bond donors (Lipinski definition) is 1. The van der Waals surface area contributed by atoms with Gasteiger partial charge in [-0.05, 0) is 33.1 Å². The van der Waals surface area contributed by atoms with E-state index in [4.69, 9.17) is 14.2 Å². The highest BCUT2D eigenvalue weighted by atomic mass is 16.5. The highest BCUT2D eigenvalue weighted by molar-refractivity contribution is 4.93. The second kappa shape index (κ2) is 8.00. The van der Waals surface area contributed by atoms with Crippen molar-refractivity contribution in [1.82, 2.24) is 5.32 Å². The second-order valence-corrected chi connectivity index (χ2v) is 5.68. The van der Waals surface area contributed by atoms with E-state index in [-0.39, 0.29) is 6.10 Å². The van der Waals surface area contributed by atoms with Crippen molar-refractivity contribution in [2.45, 2.75) is 51.3 Å². The van der Waals surface area contributed by atoms with E-state index in [9.17, 15) is 0 Å². The number of nitrogens with one attached hydrogen (secondary N) is 1. The summed E-state index contributed by atoms with van der Waals surface area (Å²) in [7, 11) is 0. The minimum absolute atomic E-state index is 0.271. The number of rotatable bonds is 5. The van der Waals surface area contributed by atoms with Crippen molar-refractivity contribution in [2.75, 3.05) is 33.0 Å². The monoisotopic (exact) mass is 269 g/mol. The molecule has 0 aliphatic carbocycles. The zero-order chi connectivity index (χ0) is 13.5. The van der Waals surface area contributed by atoms with Gasteiger partial charge in [-0.3, -0.25) is 0 Å². The Labute approximate surface area is 116 Å². The summed E-state index contributed by atoms with van der Waals surface area (Å²) < 4.78 is 17.0. The Kier molecular flexibility index (Phi) is 6.31. The van der Waals surface area contributed by atoms with Crippen LogP contribution >= 0.6 is 0 Å². The molecule has 2 fully saturated rings. The molecule has 0 aromatic heterocycles. The van der Waals surface area contributed by atoms with Crippen LogP contribution in [0.25, 0.3) is 0 Å². The molecule has 4 nitrogen and oxygen atoms in total. The molecule has 0 spiro atoms. The number of allylic oxidation sites excluding steroid dienone is 1. The molecule has 2 atom stereocenters. The van der Waals surface area contributed by atoms with Crippen LogP contribution in [0.4, 0.5) is 0 Å². The molecule has 2 rings (SSSR count). The van der Waals surface area contributed by atoms with E-state index in [0.29, 0.717) is 18.7 Å². The Bertz CT molecular complexity index is 283. The summed E-state index contributed by atoms with van der Waals surface area (Å²) in [6, 6.07) is 0.873. The van der Waals surface area contributed by atoms with Gasteiger partial charge in [0.05, 0.1) is 25.4 Å². The Hall–Kier alpha value is -0.420. The van der Waals surface area contributed by atoms with Crippen LogP contribution in [0.3, 0.4) is 0 Å². The number of ether oxygens (including phenoxy) is 3. The summed E-state index contributed by atoms with van der Waals surface area (Å²) in [5.74, 6) is 0. The molecule has 0 radical (unpaired) electrons. The molecule has 2 saturated heterocycles. The van der Waals surface area contributed by atoms with Crippen molar-refractivity contribution in [1.29, 1.82) is 0 Å². The van der Waals surface area contributed by atoms with Crippen molar-refractivity contribution >= 4 is 0 Å². The second-order valence-electron chi connectivity index (χ2n) is 5.68. The third kappa shape index (κ3) is 5.22. The fraction of sp³-hybridized carbons (Fsp3) is 0.867. The molecular formula is C15H27NO3. The fourth-order valence-corrected chi connectivity index (χ4v) is 2.58. The molecular weight excluding hydrogens is 242 g/mol. The van der Waals surface area contributed by atoms with E-state index in [2.05, 4.69) is 25.2 Å². The zero-order valence-electron chi connectivity index (χ0n) is 12.2. The lowest BCUT2D eigenvalue weighted by Crippen LogP contribution is -2.53. The predicted octanol–water partition coefficient (Wildman–Crippen LogP) is 1.90. The predicted molar refractivity (Wildman–Crippen MR) is 75.4 cm³/mol. The van der Waals surface area contributed by atoms with E-state index in [1.807, 2.05) is 0 Å². The van der Waals surface area contributed by atoms with Gasteiger partial charge in [0.15, 0.2) is 0 Å². The molecule has 0 amide bonds. The third-order valence-electron chi connectivity index (χ3n) is 3.77. The summed E-state index contributed by atoms with van der Waals surface area (Å²) in [5.41, 5.74) is 1.31. The zero-order valence-corrected chi connectivity index (χ0v) is 12.2. The largest absolute Gasteiger partial charge is 0.381 e. The van der Waals surface area contributed by atoms with Crippen LogP contribution < -0.4 is 5.32 Å². The molecule has 0 aromatic rings. The quantitative estimate of drug-likeness (QED) is 0.774. The maximum atomic E-state index is 6.00. The lowest BCUT2D eigenvalue weighted by molar-refractivity contribution is -0.0546. The highest BCUT2D eigenvalue weighted by Gasteiger charge is 2.28. The van der Waals surface area contributed by atoms with Crippen LogP contribution in [0.2, 0.25) is 0 Å². The van der Waals surface area contributed by atoms with Gasteiger partial charge in [-0.15, -0.1) is 0 Å². The van der Waals surface area contributed by atoms with Crippen molar-refractivity contribution in [3.05, 3.63) is 11.6 Å². The minimum atomic E-state index is 0.271. The van der Waals surface area contributed by atoms with E-state index in [1.165, 1.54) is 5.57 Å². The van der Waals surface area contributed by atoms with E-state index in [1.54, 1.807) is 0 Å². The molecule has 110 valence electrons. The Morgan fingerprint density at radius 3 is 2.63 bits per heavy atom. The normalized spacial score (nSPS) is 29.2. The standard InChI is InChI=1S/C15H27NO3/c1-12(2)3-10-19-15-6-9-18-11-14(15)16-13-4-7-17-8-5-13/h3,13-16H,4-11H2,1-2H3/t14-,15+/m0/s1. The van der Waals surface area contributed by atoms with E-state index < -0.39 is 0 Å². The Morgan fingerprint density at radius 1 is 1.16 bits per heavy atom. The first-order valence-corrected chi connectivity index (χ1v) is 7.42. The van der Waals surface area contributed by atoms with Gasteiger partial charge in [-0.1, -0.05) is 11.6 Å². The average Bonchev–Trinajstić information content (AvgIpc) is 2.41. The lowest BCUT2D eigenvalue weighted by atomic mass is 10.0. The van der Waals surface area contributed by atoms with Crippen LogP contribution in [0.15, 0.2) is 11.6 Å². The molecule has 0 bridgehead atoms. The SMILES string of the molecule is CC(C)=CCO[C@@H]1CCOC[C@@H]1NC1CCOCC1. The maximum absolute atomic E-state index is 6.00. The summed E-state index contributed by atoms with van der Waals surface area (Å²) in [6.45, 7) is 8.22. The van der Waals surface area contributed by atoms with Gasteiger partial charge in [0.2, 0.25) is 0 Å². The maximum Gasteiger partial charge on any atom is 0.0776 e. The van der Waals surface area contributed by atoms with E-state index >= 15 is 0 Å². The van der Waals surface area contributed by atoms with Crippen LogP contribution in [-0.2, 0) is 14.2 Å². The molecule has 4 heteroatoms. The van der Waals surface area contributed by atoms with Crippen molar-refractivity contribution < 1.29 is 14.2 Å². The molecule has 2 aliphatic heterocycles. The summed E-state index contributed by atoms with van der Waals surface area (Å²) in [6.07, 6.45) is 5.58. The van der Waals surface area contributed by atoms with Gasteiger partial charge in [0.25, 0.3) is 0 Å². The molecule has 2 aliphatic rings. The van der Waals surface area contributed by atoms with Crippen molar-refractivity contribution in [3.63, 3.8) is 0 Å².